The molecule has 0 saturated carbocycles. The second kappa shape index (κ2) is 6.41. The third kappa shape index (κ3) is 2.96. The molecule has 1 aromatic carbocycles. The van der Waals surface area contributed by atoms with Crippen LogP contribution in [0.1, 0.15) is 18.6 Å². The quantitative estimate of drug-likeness (QED) is 0.926. The zero-order valence-electron chi connectivity index (χ0n) is 10.7. The maximum absolute atomic E-state index is 5.78. The van der Waals surface area contributed by atoms with Crippen LogP contribution in [-0.2, 0) is 4.74 Å². The highest BCUT2D eigenvalue weighted by Gasteiger charge is 2.21. The summed E-state index contributed by atoms with van der Waals surface area (Å²) in [5.41, 5.74) is 1.05. The predicted octanol–water partition coefficient (Wildman–Crippen LogP) is 2.52. The van der Waals surface area contributed by atoms with E-state index in [4.69, 9.17) is 14.2 Å². The van der Waals surface area contributed by atoms with Gasteiger partial charge in [-0.15, -0.1) is 0 Å². The van der Waals surface area contributed by atoms with Gasteiger partial charge in [0.1, 0.15) is 11.5 Å². The molecule has 0 amide bonds. The first-order valence-corrected chi connectivity index (χ1v) is 6.88. The molecule has 1 saturated heterocycles. The van der Waals surface area contributed by atoms with Gasteiger partial charge in [-0.2, -0.15) is 0 Å². The molecule has 100 valence electrons. The van der Waals surface area contributed by atoms with Crippen LogP contribution < -0.4 is 14.8 Å². The third-order valence-corrected chi connectivity index (χ3v) is 3.48. The van der Waals surface area contributed by atoms with Gasteiger partial charge in [0, 0.05) is 24.7 Å². The number of hydrogen-bond acceptors (Lipinski definition) is 4. The Kier molecular flexibility index (Phi) is 4.86. The van der Waals surface area contributed by atoms with Crippen LogP contribution in [-0.4, -0.2) is 33.4 Å². The Morgan fingerprint density at radius 2 is 2.28 bits per heavy atom. The largest absolute Gasteiger partial charge is 0.495 e. The number of rotatable bonds is 4. The van der Waals surface area contributed by atoms with Gasteiger partial charge in [-0.05, 0) is 28.9 Å². The SMILES string of the molecule is CCOc1cc(OC)c(Br)cc1C1CNCCO1. The fourth-order valence-electron chi connectivity index (χ4n) is 2.00. The van der Waals surface area contributed by atoms with E-state index in [0.717, 1.165) is 41.2 Å². The lowest BCUT2D eigenvalue weighted by Gasteiger charge is -2.26. The van der Waals surface area contributed by atoms with E-state index in [-0.39, 0.29) is 6.10 Å². The summed E-state index contributed by atoms with van der Waals surface area (Å²) >= 11 is 3.50. The van der Waals surface area contributed by atoms with E-state index in [1.165, 1.54) is 0 Å². The zero-order chi connectivity index (χ0) is 13.0. The first kappa shape index (κ1) is 13.6. The molecule has 0 radical (unpaired) electrons. The van der Waals surface area contributed by atoms with Crippen molar-refractivity contribution < 1.29 is 14.2 Å². The number of halogens is 1. The molecule has 1 aliphatic heterocycles. The summed E-state index contributed by atoms with van der Waals surface area (Å²) in [6.07, 6.45) is 0.0301. The molecule has 0 aromatic heterocycles. The molecule has 1 heterocycles. The Morgan fingerprint density at radius 3 is 2.89 bits per heavy atom. The van der Waals surface area contributed by atoms with Crippen molar-refractivity contribution in [2.75, 3.05) is 33.4 Å². The molecule has 0 bridgehead atoms. The summed E-state index contributed by atoms with van der Waals surface area (Å²) < 4.78 is 17.7. The lowest BCUT2D eigenvalue weighted by molar-refractivity contribution is 0.0259. The molecule has 1 aliphatic rings. The third-order valence-electron chi connectivity index (χ3n) is 2.86. The predicted molar refractivity (Wildman–Crippen MR) is 73.4 cm³/mol. The Morgan fingerprint density at radius 1 is 1.44 bits per heavy atom. The first-order chi connectivity index (χ1) is 8.76. The number of nitrogens with one attached hydrogen (secondary N) is 1. The number of methoxy groups -OCH3 is 1. The van der Waals surface area contributed by atoms with Gasteiger partial charge < -0.3 is 19.5 Å². The summed E-state index contributed by atoms with van der Waals surface area (Å²) in [6.45, 7) is 5.02. The average Bonchev–Trinajstić information content (AvgIpc) is 2.41. The van der Waals surface area contributed by atoms with Crippen LogP contribution in [0.5, 0.6) is 11.5 Å². The van der Waals surface area contributed by atoms with E-state index in [2.05, 4.69) is 21.2 Å². The van der Waals surface area contributed by atoms with Crippen molar-refractivity contribution in [2.24, 2.45) is 0 Å². The van der Waals surface area contributed by atoms with Crippen molar-refractivity contribution in [3.05, 3.63) is 22.2 Å². The lowest BCUT2D eigenvalue weighted by Crippen LogP contribution is -2.33. The zero-order valence-corrected chi connectivity index (χ0v) is 12.2. The Balaban J connectivity index is 2.33. The molecule has 1 N–H and O–H groups in total. The fourth-order valence-corrected chi connectivity index (χ4v) is 2.53. The molecule has 1 fully saturated rings. The van der Waals surface area contributed by atoms with Crippen LogP contribution in [0, 0.1) is 0 Å². The minimum atomic E-state index is 0.0301. The van der Waals surface area contributed by atoms with E-state index < -0.39 is 0 Å². The lowest BCUT2D eigenvalue weighted by atomic mass is 10.1. The van der Waals surface area contributed by atoms with Gasteiger partial charge in [0.05, 0.1) is 30.9 Å². The standard InChI is InChI=1S/C13H18BrNO3/c1-3-17-11-7-12(16-2)10(14)6-9(11)13-8-15-4-5-18-13/h6-7,13,15H,3-5,8H2,1-2H3. The van der Waals surface area contributed by atoms with Crippen molar-refractivity contribution in [3.8, 4) is 11.5 Å². The number of morpholine rings is 1. The van der Waals surface area contributed by atoms with E-state index in [9.17, 15) is 0 Å². The summed E-state index contributed by atoms with van der Waals surface area (Å²) in [7, 11) is 1.65. The van der Waals surface area contributed by atoms with Gasteiger partial charge in [-0.25, -0.2) is 0 Å². The maximum Gasteiger partial charge on any atom is 0.136 e. The number of hydrogen-bond donors (Lipinski definition) is 1. The van der Waals surface area contributed by atoms with Gasteiger partial charge in [-0.1, -0.05) is 0 Å². The second-order valence-electron chi connectivity index (χ2n) is 4.02. The molecule has 1 unspecified atom stereocenters. The van der Waals surface area contributed by atoms with E-state index in [1.54, 1.807) is 7.11 Å². The van der Waals surface area contributed by atoms with Crippen molar-refractivity contribution in [1.82, 2.24) is 5.32 Å². The van der Waals surface area contributed by atoms with Crippen LogP contribution >= 0.6 is 15.9 Å². The minimum Gasteiger partial charge on any atom is -0.495 e. The van der Waals surface area contributed by atoms with Crippen LogP contribution in [0.15, 0.2) is 16.6 Å². The minimum absolute atomic E-state index is 0.0301. The van der Waals surface area contributed by atoms with Crippen LogP contribution in [0.4, 0.5) is 0 Å². The Hall–Kier alpha value is -0.780. The highest BCUT2D eigenvalue weighted by Crippen LogP contribution is 2.37. The smallest absolute Gasteiger partial charge is 0.136 e. The molecule has 4 nitrogen and oxygen atoms in total. The summed E-state index contributed by atoms with van der Waals surface area (Å²) in [5.74, 6) is 1.59. The molecular formula is C13H18BrNO3. The van der Waals surface area contributed by atoms with Crippen molar-refractivity contribution in [2.45, 2.75) is 13.0 Å². The first-order valence-electron chi connectivity index (χ1n) is 6.08. The molecule has 2 rings (SSSR count). The van der Waals surface area contributed by atoms with E-state index in [0.29, 0.717) is 6.61 Å². The van der Waals surface area contributed by atoms with Crippen LogP contribution in [0.2, 0.25) is 0 Å². The highest BCUT2D eigenvalue weighted by molar-refractivity contribution is 9.10. The Bertz CT molecular complexity index is 405. The highest BCUT2D eigenvalue weighted by atomic mass is 79.9. The monoisotopic (exact) mass is 315 g/mol. The topological polar surface area (TPSA) is 39.7 Å². The number of ether oxygens (including phenoxy) is 3. The summed E-state index contributed by atoms with van der Waals surface area (Å²) in [6, 6.07) is 3.92. The summed E-state index contributed by atoms with van der Waals surface area (Å²) in [4.78, 5) is 0. The van der Waals surface area contributed by atoms with Crippen LogP contribution in [0.3, 0.4) is 0 Å². The molecule has 0 spiro atoms. The number of benzene rings is 1. The van der Waals surface area contributed by atoms with Crippen molar-refractivity contribution >= 4 is 15.9 Å². The van der Waals surface area contributed by atoms with Gasteiger partial charge in [0.15, 0.2) is 0 Å². The Labute approximate surface area is 116 Å². The fraction of sp³-hybridized carbons (Fsp3) is 0.538. The second-order valence-corrected chi connectivity index (χ2v) is 4.88. The average molecular weight is 316 g/mol. The van der Waals surface area contributed by atoms with Gasteiger partial charge in [-0.3, -0.25) is 0 Å². The molecule has 5 heteroatoms. The molecule has 1 atom stereocenters. The van der Waals surface area contributed by atoms with Gasteiger partial charge in [0.25, 0.3) is 0 Å². The normalized spacial score (nSPS) is 19.6. The summed E-state index contributed by atoms with van der Waals surface area (Å²) in [5, 5.41) is 3.32. The van der Waals surface area contributed by atoms with Crippen molar-refractivity contribution in [3.63, 3.8) is 0 Å². The van der Waals surface area contributed by atoms with Crippen molar-refractivity contribution in [1.29, 1.82) is 0 Å². The maximum atomic E-state index is 5.78. The van der Waals surface area contributed by atoms with Crippen LogP contribution in [0.25, 0.3) is 0 Å². The molecule has 18 heavy (non-hydrogen) atoms. The van der Waals surface area contributed by atoms with Gasteiger partial charge >= 0.3 is 0 Å². The molecular weight excluding hydrogens is 298 g/mol. The van der Waals surface area contributed by atoms with Gasteiger partial charge in [0.2, 0.25) is 0 Å². The van der Waals surface area contributed by atoms with E-state index in [1.807, 2.05) is 19.1 Å². The molecule has 0 aliphatic carbocycles. The van der Waals surface area contributed by atoms with E-state index >= 15 is 0 Å². The molecule has 1 aromatic rings.